The minimum atomic E-state index is -0.319. The van der Waals surface area contributed by atoms with Gasteiger partial charge < -0.3 is 0 Å². The number of hydrogen-bond donors (Lipinski definition) is 2. The van der Waals surface area contributed by atoms with Gasteiger partial charge >= 0.3 is 0 Å². The van der Waals surface area contributed by atoms with Gasteiger partial charge in [-0.25, -0.2) is 4.39 Å². The molecule has 1 amide bonds. The van der Waals surface area contributed by atoms with Crippen LogP contribution in [0, 0.1) is 5.82 Å². The molecule has 3 rings (SSSR count). The number of nitrogens with zero attached hydrogens (tertiary/aromatic N) is 2. The molecule has 0 radical (unpaired) electrons. The van der Waals surface area contributed by atoms with Crippen molar-refractivity contribution in [2.24, 2.45) is 7.05 Å². The van der Waals surface area contributed by atoms with Crippen LogP contribution in [0.5, 0.6) is 0 Å². The van der Waals surface area contributed by atoms with Gasteiger partial charge in [-0.05, 0) is 45.8 Å². The summed E-state index contributed by atoms with van der Waals surface area (Å²) in [6.45, 7) is 0. The predicted octanol–water partition coefficient (Wildman–Crippen LogP) is 3.67. The number of anilines is 1. The molecule has 1 aromatic heterocycles. The second kappa shape index (κ2) is 7.48. The normalized spacial score (nSPS) is 10.5. The van der Waals surface area contributed by atoms with E-state index in [0.717, 1.165) is 27.0 Å². The maximum atomic E-state index is 12.9. The van der Waals surface area contributed by atoms with Crippen molar-refractivity contribution in [1.29, 1.82) is 0 Å². The Labute approximate surface area is 153 Å². The lowest BCUT2D eigenvalue weighted by molar-refractivity contribution is -0.119. The number of aromatic nitrogens is 2. The van der Waals surface area contributed by atoms with E-state index < -0.39 is 0 Å². The maximum Gasteiger partial charge on any atom is 0.242 e. The Bertz CT molecular complexity index is 873. The first-order valence-electron chi connectivity index (χ1n) is 7.60. The van der Waals surface area contributed by atoms with Crippen LogP contribution in [0.25, 0.3) is 11.3 Å². The third kappa shape index (κ3) is 4.24. The summed E-state index contributed by atoms with van der Waals surface area (Å²) in [6.07, 6.45) is 1.90. The van der Waals surface area contributed by atoms with E-state index in [1.165, 1.54) is 12.1 Å². The molecule has 2 N–H and O–H groups in total. The minimum Gasteiger partial charge on any atom is -0.299 e. The first-order chi connectivity index (χ1) is 12.0. The first-order valence-corrected chi connectivity index (χ1v) is 8.39. The van der Waals surface area contributed by atoms with Crippen LogP contribution >= 0.6 is 15.9 Å². The average Bonchev–Trinajstić information content (AvgIpc) is 2.94. The molecule has 1 heterocycles. The number of carbonyl (C=O) groups is 1. The highest BCUT2D eigenvalue weighted by atomic mass is 79.9. The molecule has 3 aromatic rings. The number of aryl methyl sites for hydroxylation is 1. The Balaban J connectivity index is 1.64. The van der Waals surface area contributed by atoms with Crippen LogP contribution in [0.1, 0.15) is 5.56 Å². The molecule has 5 nitrogen and oxygen atoms in total. The minimum absolute atomic E-state index is 0.167. The maximum absolute atomic E-state index is 12.9. The van der Waals surface area contributed by atoms with Crippen LogP contribution in [0.15, 0.2) is 59.2 Å². The summed E-state index contributed by atoms with van der Waals surface area (Å²) in [6, 6.07) is 13.5. The molecular weight excluding hydrogens is 387 g/mol. The van der Waals surface area contributed by atoms with Crippen LogP contribution in [0.2, 0.25) is 0 Å². The zero-order valence-electron chi connectivity index (χ0n) is 13.5. The first kappa shape index (κ1) is 17.2. The smallest absolute Gasteiger partial charge is 0.242 e. The summed E-state index contributed by atoms with van der Waals surface area (Å²) in [5.41, 5.74) is 8.95. The highest BCUT2D eigenvalue weighted by molar-refractivity contribution is 9.10. The number of amides is 1. The van der Waals surface area contributed by atoms with Gasteiger partial charge in [-0.1, -0.05) is 24.3 Å². The molecule has 0 saturated carbocycles. The Kier molecular flexibility index (Phi) is 5.14. The SMILES string of the molecule is Cn1ncc(Br)c1-c1cccc(NNC(=O)Cc2ccc(F)cc2)c1. The molecule has 0 aliphatic carbocycles. The Morgan fingerprint density at radius 1 is 1.24 bits per heavy atom. The standard InChI is InChI=1S/C18H16BrFN4O/c1-24-18(16(19)11-21-24)13-3-2-4-15(10-13)22-23-17(25)9-12-5-7-14(20)8-6-12/h2-8,10-11,22H,9H2,1H3,(H,23,25). The lowest BCUT2D eigenvalue weighted by atomic mass is 10.1. The van der Waals surface area contributed by atoms with Crippen molar-refractivity contribution in [3.63, 3.8) is 0 Å². The predicted molar refractivity (Wildman–Crippen MR) is 98.2 cm³/mol. The fourth-order valence-electron chi connectivity index (χ4n) is 2.45. The summed E-state index contributed by atoms with van der Waals surface area (Å²) >= 11 is 3.48. The van der Waals surface area contributed by atoms with E-state index in [9.17, 15) is 9.18 Å². The number of rotatable bonds is 5. The third-order valence-electron chi connectivity index (χ3n) is 3.65. The molecule has 7 heteroatoms. The molecule has 0 unspecified atom stereocenters. The van der Waals surface area contributed by atoms with Crippen LogP contribution in [0.4, 0.5) is 10.1 Å². The van der Waals surface area contributed by atoms with Crippen LogP contribution in [-0.2, 0) is 18.3 Å². The van der Waals surface area contributed by atoms with E-state index in [-0.39, 0.29) is 18.1 Å². The molecule has 25 heavy (non-hydrogen) atoms. The second-order valence-corrected chi connectivity index (χ2v) is 6.38. The molecule has 0 atom stereocenters. The molecule has 0 bridgehead atoms. The second-order valence-electron chi connectivity index (χ2n) is 5.52. The van der Waals surface area contributed by atoms with Crippen molar-refractivity contribution in [1.82, 2.24) is 15.2 Å². The lowest BCUT2D eigenvalue weighted by Gasteiger charge is -2.11. The van der Waals surface area contributed by atoms with Gasteiger partial charge in [0.1, 0.15) is 5.82 Å². The van der Waals surface area contributed by atoms with Crippen LogP contribution < -0.4 is 10.9 Å². The monoisotopic (exact) mass is 402 g/mol. The Morgan fingerprint density at radius 2 is 2.00 bits per heavy atom. The molecular formula is C18H16BrFN4O. The third-order valence-corrected chi connectivity index (χ3v) is 4.23. The van der Waals surface area contributed by atoms with E-state index in [1.54, 1.807) is 23.0 Å². The zero-order chi connectivity index (χ0) is 17.8. The number of halogens is 2. The molecule has 0 spiro atoms. The topological polar surface area (TPSA) is 59.0 Å². The highest BCUT2D eigenvalue weighted by Crippen LogP contribution is 2.28. The van der Waals surface area contributed by atoms with E-state index >= 15 is 0 Å². The van der Waals surface area contributed by atoms with Crippen molar-refractivity contribution in [2.75, 3.05) is 5.43 Å². The number of carbonyl (C=O) groups excluding carboxylic acids is 1. The van der Waals surface area contributed by atoms with Crippen LogP contribution in [0.3, 0.4) is 0 Å². The zero-order valence-corrected chi connectivity index (χ0v) is 15.0. The summed E-state index contributed by atoms with van der Waals surface area (Å²) in [7, 11) is 1.87. The fourth-order valence-corrected chi connectivity index (χ4v) is 3.03. The van der Waals surface area contributed by atoms with Crippen molar-refractivity contribution in [3.8, 4) is 11.3 Å². The van der Waals surface area contributed by atoms with Crippen molar-refractivity contribution in [3.05, 3.63) is 70.6 Å². The summed E-state index contributed by atoms with van der Waals surface area (Å²) in [4.78, 5) is 12.0. The highest BCUT2D eigenvalue weighted by Gasteiger charge is 2.09. The Morgan fingerprint density at radius 3 is 2.68 bits per heavy atom. The van der Waals surface area contributed by atoms with Crippen molar-refractivity contribution < 1.29 is 9.18 Å². The molecule has 0 aliphatic heterocycles. The van der Waals surface area contributed by atoms with Gasteiger partial charge in [-0.15, -0.1) is 0 Å². The molecule has 2 aromatic carbocycles. The van der Waals surface area contributed by atoms with Gasteiger partial charge in [0, 0.05) is 12.6 Å². The average molecular weight is 403 g/mol. The van der Waals surface area contributed by atoms with Gasteiger partial charge in [0.2, 0.25) is 5.91 Å². The number of hydrogen-bond acceptors (Lipinski definition) is 3. The van der Waals surface area contributed by atoms with Gasteiger partial charge in [0.25, 0.3) is 0 Å². The van der Waals surface area contributed by atoms with Gasteiger partial charge in [-0.2, -0.15) is 5.10 Å². The largest absolute Gasteiger partial charge is 0.299 e. The van der Waals surface area contributed by atoms with Gasteiger partial charge in [0.15, 0.2) is 0 Å². The fraction of sp³-hybridized carbons (Fsp3) is 0.111. The molecule has 0 aliphatic rings. The number of benzene rings is 2. The lowest BCUT2D eigenvalue weighted by Crippen LogP contribution is -2.30. The Hall–Kier alpha value is -2.67. The van der Waals surface area contributed by atoms with Crippen molar-refractivity contribution in [2.45, 2.75) is 6.42 Å². The van der Waals surface area contributed by atoms with Gasteiger partial charge in [0.05, 0.1) is 28.5 Å². The number of hydrazine groups is 1. The van der Waals surface area contributed by atoms with E-state index in [0.29, 0.717) is 0 Å². The summed E-state index contributed by atoms with van der Waals surface area (Å²) < 4.78 is 15.6. The summed E-state index contributed by atoms with van der Waals surface area (Å²) in [5.74, 6) is -0.529. The van der Waals surface area contributed by atoms with E-state index in [1.807, 2.05) is 31.3 Å². The molecule has 128 valence electrons. The van der Waals surface area contributed by atoms with Crippen LogP contribution in [-0.4, -0.2) is 15.7 Å². The molecule has 0 fully saturated rings. The molecule has 0 saturated heterocycles. The summed E-state index contributed by atoms with van der Waals surface area (Å²) in [5, 5.41) is 4.20. The van der Waals surface area contributed by atoms with E-state index in [4.69, 9.17) is 0 Å². The number of nitrogens with one attached hydrogen (secondary N) is 2. The van der Waals surface area contributed by atoms with E-state index in [2.05, 4.69) is 31.9 Å². The quantitative estimate of drug-likeness (QED) is 0.640. The van der Waals surface area contributed by atoms with Crippen molar-refractivity contribution >= 4 is 27.5 Å². The van der Waals surface area contributed by atoms with Gasteiger partial charge in [-0.3, -0.25) is 20.3 Å².